The molecule has 0 unspecified atom stereocenters. The van der Waals surface area contributed by atoms with Gasteiger partial charge < -0.3 is 20.1 Å². The van der Waals surface area contributed by atoms with Crippen LogP contribution < -0.4 is 20.1 Å². The summed E-state index contributed by atoms with van der Waals surface area (Å²) in [5.74, 6) is 1.52. The molecule has 0 bridgehead atoms. The van der Waals surface area contributed by atoms with Gasteiger partial charge in [0.05, 0.1) is 25.0 Å². The molecule has 0 saturated heterocycles. The van der Waals surface area contributed by atoms with Crippen molar-refractivity contribution in [1.82, 2.24) is 20.4 Å². The highest BCUT2D eigenvalue weighted by Crippen LogP contribution is 2.19. The van der Waals surface area contributed by atoms with Crippen LogP contribution in [0.4, 0.5) is 13.2 Å². The van der Waals surface area contributed by atoms with Crippen LogP contribution in [0.2, 0.25) is 0 Å². The van der Waals surface area contributed by atoms with Gasteiger partial charge in [-0.05, 0) is 48.0 Å². The van der Waals surface area contributed by atoms with E-state index in [1.54, 1.807) is 31.0 Å². The molecular weight excluding hydrogens is 550 g/mol. The molecule has 1 aromatic heterocycles. The topological polar surface area (TPSA) is 72.7 Å². The molecule has 33 heavy (non-hydrogen) atoms. The molecule has 0 aliphatic carbocycles. The van der Waals surface area contributed by atoms with Crippen molar-refractivity contribution in [3.8, 4) is 17.2 Å². The van der Waals surface area contributed by atoms with Crippen molar-refractivity contribution < 1.29 is 22.6 Å². The van der Waals surface area contributed by atoms with Crippen molar-refractivity contribution in [3.05, 3.63) is 72.1 Å². The molecule has 0 fully saturated rings. The average molecular weight is 575 g/mol. The fourth-order valence-corrected chi connectivity index (χ4v) is 2.78. The van der Waals surface area contributed by atoms with Crippen molar-refractivity contribution in [3.63, 3.8) is 0 Å². The second-order valence-corrected chi connectivity index (χ2v) is 6.78. The average Bonchev–Trinajstić information content (AvgIpc) is 3.27. The molecule has 0 aliphatic rings. The number of hydrogen-bond acceptors (Lipinski definition) is 4. The third-order valence-electron chi connectivity index (χ3n) is 4.43. The minimum atomic E-state index is -4.36. The Bertz CT molecular complexity index is 1020. The maximum atomic E-state index is 12.2. The van der Waals surface area contributed by atoms with Crippen LogP contribution in [-0.2, 0) is 13.1 Å². The van der Waals surface area contributed by atoms with Gasteiger partial charge >= 0.3 is 6.18 Å². The summed E-state index contributed by atoms with van der Waals surface area (Å²) in [6, 6.07) is 15.9. The largest absolute Gasteiger partial charge is 0.497 e. The normalized spacial score (nSPS) is 11.5. The first-order valence-electron chi connectivity index (χ1n) is 9.78. The van der Waals surface area contributed by atoms with Crippen LogP contribution in [0.3, 0.4) is 0 Å². The number of nitrogens with zero attached hydrogens (tertiary/aromatic N) is 3. The molecule has 0 atom stereocenters. The molecule has 2 aromatic carbocycles. The Morgan fingerprint density at radius 3 is 2.21 bits per heavy atom. The van der Waals surface area contributed by atoms with Gasteiger partial charge in [-0.15, -0.1) is 24.0 Å². The standard InChI is InChI=1S/C22H24F3N5O2.HI/c1-26-21(27-13-16-3-7-20(8-4-16)32-15-22(23,24)25)28-14-17-11-12-30(29-17)18-5-9-19(31-2)10-6-18;/h3-12H,13-15H2,1-2H3,(H2,26,27,28);1H. The Morgan fingerprint density at radius 2 is 1.61 bits per heavy atom. The number of methoxy groups -OCH3 is 1. The molecule has 1 heterocycles. The van der Waals surface area contributed by atoms with Gasteiger partial charge in [-0.3, -0.25) is 4.99 Å². The number of halogens is 4. The Hall–Kier alpha value is -2.96. The van der Waals surface area contributed by atoms with Crippen molar-refractivity contribution >= 4 is 29.9 Å². The third-order valence-corrected chi connectivity index (χ3v) is 4.43. The fourth-order valence-electron chi connectivity index (χ4n) is 2.78. The Kier molecular flexibility index (Phi) is 9.82. The molecule has 0 aliphatic heterocycles. The second-order valence-electron chi connectivity index (χ2n) is 6.78. The summed E-state index contributed by atoms with van der Waals surface area (Å²) in [5.41, 5.74) is 2.62. The van der Waals surface area contributed by atoms with E-state index in [9.17, 15) is 13.2 Å². The Balaban J connectivity index is 0.00000385. The monoisotopic (exact) mass is 575 g/mol. The van der Waals surface area contributed by atoms with Gasteiger partial charge in [-0.1, -0.05) is 12.1 Å². The smallest absolute Gasteiger partial charge is 0.422 e. The number of rotatable bonds is 8. The molecule has 0 saturated carbocycles. The second kappa shape index (κ2) is 12.3. The number of nitrogens with one attached hydrogen (secondary N) is 2. The number of benzene rings is 2. The third kappa shape index (κ3) is 8.48. The van der Waals surface area contributed by atoms with Gasteiger partial charge in [0.1, 0.15) is 11.5 Å². The maximum absolute atomic E-state index is 12.2. The first kappa shape index (κ1) is 26.3. The van der Waals surface area contributed by atoms with E-state index < -0.39 is 12.8 Å². The lowest BCUT2D eigenvalue weighted by Crippen LogP contribution is -2.36. The van der Waals surface area contributed by atoms with Crippen LogP contribution in [0.15, 0.2) is 65.8 Å². The van der Waals surface area contributed by atoms with E-state index >= 15 is 0 Å². The maximum Gasteiger partial charge on any atom is 0.422 e. The van der Waals surface area contributed by atoms with E-state index in [2.05, 4.69) is 20.7 Å². The Morgan fingerprint density at radius 1 is 0.970 bits per heavy atom. The van der Waals surface area contributed by atoms with Crippen molar-refractivity contribution in [2.24, 2.45) is 4.99 Å². The summed E-state index contributed by atoms with van der Waals surface area (Å²) in [6.07, 6.45) is -2.49. The minimum absolute atomic E-state index is 0. The minimum Gasteiger partial charge on any atom is -0.497 e. The SMILES string of the molecule is CN=C(NCc1ccc(OCC(F)(F)F)cc1)NCc1ccn(-c2ccc(OC)cc2)n1.I. The first-order chi connectivity index (χ1) is 15.4. The molecule has 3 rings (SSSR count). The zero-order valence-corrected chi connectivity index (χ0v) is 20.4. The molecule has 0 radical (unpaired) electrons. The van der Waals surface area contributed by atoms with Gasteiger partial charge in [-0.25, -0.2) is 4.68 Å². The summed E-state index contributed by atoms with van der Waals surface area (Å²) < 4.78 is 48.3. The van der Waals surface area contributed by atoms with Crippen LogP contribution in [-0.4, -0.2) is 42.7 Å². The van der Waals surface area contributed by atoms with Crippen LogP contribution in [0.25, 0.3) is 5.69 Å². The van der Waals surface area contributed by atoms with Crippen molar-refractivity contribution in [1.29, 1.82) is 0 Å². The highest BCUT2D eigenvalue weighted by atomic mass is 127. The van der Waals surface area contributed by atoms with E-state index in [0.717, 1.165) is 22.7 Å². The molecule has 3 aromatic rings. The summed E-state index contributed by atoms with van der Waals surface area (Å²) >= 11 is 0. The van der Waals surface area contributed by atoms with Crippen molar-refractivity contribution in [2.75, 3.05) is 20.8 Å². The predicted molar refractivity (Wildman–Crippen MR) is 131 cm³/mol. The molecule has 7 nitrogen and oxygen atoms in total. The lowest BCUT2D eigenvalue weighted by molar-refractivity contribution is -0.153. The summed E-state index contributed by atoms with van der Waals surface area (Å²) in [6.45, 7) is -0.401. The van der Waals surface area contributed by atoms with E-state index in [0.29, 0.717) is 19.0 Å². The van der Waals surface area contributed by atoms with E-state index in [-0.39, 0.29) is 29.7 Å². The predicted octanol–water partition coefficient (Wildman–Crippen LogP) is 4.31. The lowest BCUT2D eigenvalue weighted by Gasteiger charge is -2.12. The number of guanidine groups is 1. The molecule has 0 amide bonds. The van der Waals surface area contributed by atoms with Crippen LogP contribution in [0, 0.1) is 0 Å². The molecule has 11 heteroatoms. The zero-order chi connectivity index (χ0) is 23.0. The number of aliphatic imine (C=N–C) groups is 1. The van der Waals surface area contributed by atoms with E-state index in [4.69, 9.17) is 9.47 Å². The van der Waals surface area contributed by atoms with Gasteiger partial charge in [0, 0.05) is 19.8 Å². The molecular formula is C22H25F3IN5O2. The summed E-state index contributed by atoms with van der Waals surface area (Å²) in [7, 11) is 3.27. The molecule has 2 N–H and O–H groups in total. The first-order valence-corrected chi connectivity index (χ1v) is 9.78. The van der Waals surface area contributed by atoms with Crippen LogP contribution in [0.1, 0.15) is 11.3 Å². The number of hydrogen-bond donors (Lipinski definition) is 2. The van der Waals surface area contributed by atoms with Gasteiger partial charge in [0.15, 0.2) is 12.6 Å². The highest BCUT2D eigenvalue weighted by Gasteiger charge is 2.28. The Labute approximate surface area is 207 Å². The lowest BCUT2D eigenvalue weighted by atomic mass is 10.2. The molecule has 178 valence electrons. The van der Waals surface area contributed by atoms with Gasteiger partial charge in [-0.2, -0.15) is 18.3 Å². The van der Waals surface area contributed by atoms with Gasteiger partial charge in [0.25, 0.3) is 0 Å². The van der Waals surface area contributed by atoms with Crippen molar-refractivity contribution in [2.45, 2.75) is 19.3 Å². The zero-order valence-electron chi connectivity index (χ0n) is 18.1. The van der Waals surface area contributed by atoms with E-state index in [1.165, 1.54) is 12.1 Å². The van der Waals surface area contributed by atoms with E-state index in [1.807, 2.05) is 36.5 Å². The number of ether oxygens (including phenoxy) is 2. The number of aromatic nitrogens is 2. The fraction of sp³-hybridized carbons (Fsp3) is 0.273. The van der Waals surface area contributed by atoms with Gasteiger partial charge in [0.2, 0.25) is 0 Å². The quantitative estimate of drug-likeness (QED) is 0.238. The molecule has 0 spiro atoms. The van der Waals surface area contributed by atoms with Crippen LogP contribution >= 0.6 is 24.0 Å². The number of alkyl halides is 3. The highest BCUT2D eigenvalue weighted by molar-refractivity contribution is 14.0. The van der Waals surface area contributed by atoms with Crippen LogP contribution in [0.5, 0.6) is 11.5 Å². The summed E-state index contributed by atoms with van der Waals surface area (Å²) in [5, 5.41) is 10.9. The summed E-state index contributed by atoms with van der Waals surface area (Å²) in [4.78, 5) is 4.17.